The first-order chi connectivity index (χ1) is 11.3. The number of amides is 1. The Morgan fingerprint density at radius 3 is 2.71 bits per heavy atom. The van der Waals surface area contributed by atoms with Gasteiger partial charge >= 0.3 is 5.97 Å². The van der Waals surface area contributed by atoms with Crippen molar-refractivity contribution >= 4 is 17.7 Å². The summed E-state index contributed by atoms with van der Waals surface area (Å²) in [7, 11) is 0. The van der Waals surface area contributed by atoms with Gasteiger partial charge in [-0.2, -0.15) is 10.1 Å². The van der Waals surface area contributed by atoms with E-state index in [0.29, 0.717) is 12.2 Å². The molecule has 0 atom stereocenters. The van der Waals surface area contributed by atoms with Gasteiger partial charge < -0.3 is 10.1 Å². The standard InChI is InChI=1S/C16H23N5O3/c1-6-24-14(23)16(4,5)20-13(22)8-7-12-10(2)19-15-17-9-18-21(15)11(12)3/h9H,6-8H2,1-5H3,(H,20,22). The Morgan fingerprint density at radius 2 is 2.04 bits per heavy atom. The van der Waals surface area contributed by atoms with Crippen molar-refractivity contribution in [3.8, 4) is 0 Å². The van der Waals surface area contributed by atoms with Crippen LogP contribution in [0, 0.1) is 13.8 Å². The Morgan fingerprint density at radius 1 is 1.33 bits per heavy atom. The summed E-state index contributed by atoms with van der Waals surface area (Å²) in [4.78, 5) is 32.5. The predicted molar refractivity (Wildman–Crippen MR) is 87.4 cm³/mol. The second-order valence-electron chi connectivity index (χ2n) is 6.13. The van der Waals surface area contributed by atoms with Crippen molar-refractivity contribution in [3.63, 3.8) is 0 Å². The maximum Gasteiger partial charge on any atom is 0.331 e. The van der Waals surface area contributed by atoms with Crippen LogP contribution in [0.25, 0.3) is 5.78 Å². The number of hydrogen-bond acceptors (Lipinski definition) is 6. The van der Waals surface area contributed by atoms with E-state index in [4.69, 9.17) is 4.74 Å². The summed E-state index contributed by atoms with van der Waals surface area (Å²) < 4.78 is 6.62. The van der Waals surface area contributed by atoms with Gasteiger partial charge in [-0.05, 0) is 46.6 Å². The maximum absolute atomic E-state index is 12.2. The smallest absolute Gasteiger partial charge is 0.331 e. The normalized spacial score (nSPS) is 11.5. The molecule has 0 radical (unpaired) electrons. The number of nitrogens with zero attached hydrogens (tertiary/aromatic N) is 4. The molecule has 0 unspecified atom stereocenters. The van der Waals surface area contributed by atoms with Gasteiger partial charge in [-0.3, -0.25) is 4.79 Å². The molecule has 0 bridgehead atoms. The van der Waals surface area contributed by atoms with Gasteiger partial charge in [0.1, 0.15) is 11.9 Å². The van der Waals surface area contributed by atoms with Gasteiger partial charge in [0.2, 0.25) is 5.91 Å². The molecule has 8 nitrogen and oxygen atoms in total. The monoisotopic (exact) mass is 333 g/mol. The number of carbonyl (C=O) groups is 2. The number of aryl methyl sites for hydroxylation is 2. The lowest BCUT2D eigenvalue weighted by atomic mass is 10.0. The first-order valence-electron chi connectivity index (χ1n) is 7.90. The summed E-state index contributed by atoms with van der Waals surface area (Å²) in [5.41, 5.74) is 1.64. The number of hydrogen-bond donors (Lipinski definition) is 1. The first-order valence-corrected chi connectivity index (χ1v) is 7.90. The molecule has 2 aromatic rings. The van der Waals surface area contributed by atoms with E-state index in [-0.39, 0.29) is 18.9 Å². The molecule has 2 heterocycles. The SMILES string of the molecule is CCOC(=O)C(C)(C)NC(=O)CCc1c(C)nc2ncnn2c1C. The molecule has 0 aliphatic heterocycles. The molecule has 24 heavy (non-hydrogen) atoms. The van der Waals surface area contributed by atoms with Crippen LogP contribution in [0.4, 0.5) is 0 Å². The Hall–Kier alpha value is -2.51. The first kappa shape index (κ1) is 17.8. The van der Waals surface area contributed by atoms with Gasteiger partial charge in [0, 0.05) is 17.8 Å². The van der Waals surface area contributed by atoms with Gasteiger partial charge in [-0.25, -0.2) is 14.3 Å². The second kappa shape index (κ2) is 6.94. The Balaban J connectivity index is 2.05. The van der Waals surface area contributed by atoms with Crippen LogP contribution in [0.1, 0.15) is 44.1 Å². The lowest BCUT2D eigenvalue weighted by Gasteiger charge is -2.24. The summed E-state index contributed by atoms with van der Waals surface area (Å²) in [6.07, 6.45) is 2.20. The third-order valence-electron chi connectivity index (χ3n) is 3.83. The highest BCUT2D eigenvalue weighted by atomic mass is 16.5. The fourth-order valence-corrected chi connectivity index (χ4v) is 2.53. The quantitative estimate of drug-likeness (QED) is 0.796. The maximum atomic E-state index is 12.2. The van der Waals surface area contributed by atoms with E-state index in [9.17, 15) is 9.59 Å². The highest BCUT2D eigenvalue weighted by molar-refractivity contribution is 5.87. The van der Waals surface area contributed by atoms with Gasteiger partial charge in [0.25, 0.3) is 5.78 Å². The van der Waals surface area contributed by atoms with Gasteiger partial charge in [-0.15, -0.1) is 0 Å². The average Bonchev–Trinajstić information content (AvgIpc) is 2.95. The number of fused-ring (bicyclic) bond motifs is 1. The molecule has 0 fully saturated rings. The third kappa shape index (κ3) is 3.69. The van der Waals surface area contributed by atoms with Crippen LogP contribution in [-0.4, -0.2) is 43.6 Å². The summed E-state index contributed by atoms with van der Waals surface area (Å²) in [6.45, 7) is 9.07. The van der Waals surface area contributed by atoms with E-state index in [1.165, 1.54) is 6.33 Å². The summed E-state index contributed by atoms with van der Waals surface area (Å²) in [5.74, 6) is -0.122. The van der Waals surface area contributed by atoms with Crippen LogP contribution in [0.3, 0.4) is 0 Å². The molecule has 0 aliphatic rings. The number of rotatable bonds is 6. The zero-order valence-electron chi connectivity index (χ0n) is 14.7. The molecule has 2 aromatic heterocycles. The number of carbonyl (C=O) groups excluding carboxylic acids is 2. The van der Waals surface area contributed by atoms with Crippen molar-refractivity contribution in [1.82, 2.24) is 24.9 Å². The number of aromatic nitrogens is 4. The minimum Gasteiger partial charge on any atom is -0.464 e. The molecule has 1 N–H and O–H groups in total. The lowest BCUT2D eigenvalue weighted by Crippen LogP contribution is -2.50. The van der Waals surface area contributed by atoms with E-state index in [2.05, 4.69) is 20.4 Å². The summed E-state index contributed by atoms with van der Waals surface area (Å²) in [5, 5.41) is 6.85. The third-order valence-corrected chi connectivity index (χ3v) is 3.83. The molecular formula is C16H23N5O3. The molecule has 0 saturated carbocycles. The van der Waals surface area contributed by atoms with Crippen molar-refractivity contribution < 1.29 is 14.3 Å². The average molecular weight is 333 g/mol. The van der Waals surface area contributed by atoms with E-state index >= 15 is 0 Å². The van der Waals surface area contributed by atoms with Crippen LogP contribution >= 0.6 is 0 Å². The highest BCUT2D eigenvalue weighted by Crippen LogP contribution is 2.15. The Bertz CT molecular complexity index is 766. The van der Waals surface area contributed by atoms with Crippen molar-refractivity contribution in [2.75, 3.05) is 6.61 Å². The number of nitrogens with one attached hydrogen (secondary N) is 1. The van der Waals surface area contributed by atoms with Gasteiger partial charge in [-0.1, -0.05) is 0 Å². The molecule has 2 rings (SSSR count). The minimum absolute atomic E-state index is 0.217. The van der Waals surface area contributed by atoms with Crippen molar-refractivity contribution in [1.29, 1.82) is 0 Å². The number of ether oxygens (including phenoxy) is 1. The van der Waals surface area contributed by atoms with Gasteiger partial charge in [0.15, 0.2) is 0 Å². The van der Waals surface area contributed by atoms with E-state index in [0.717, 1.165) is 17.0 Å². The molecule has 130 valence electrons. The van der Waals surface area contributed by atoms with Gasteiger partial charge in [0.05, 0.1) is 6.61 Å². The largest absolute Gasteiger partial charge is 0.464 e. The van der Waals surface area contributed by atoms with E-state index in [1.54, 1.807) is 25.3 Å². The van der Waals surface area contributed by atoms with Crippen LogP contribution in [0.5, 0.6) is 0 Å². The molecule has 0 saturated heterocycles. The fourth-order valence-electron chi connectivity index (χ4n) is 2.53. The van der Waals surface area contributed by atoms with E-state index < -0.39 is 11.5 Å². The molecule has 0 spiro atoms. The zero-order valence-corrected chi connectivity index (χ0v) is 14.7. The summed E-state index contributed by atoms with van der Waals surface area (Å²) in [6, 6.07) is 0. The van der Waals surface area contributed by atoms with Crippen LogP contribution in [-0.2, 0) is 20.7 Å². The summed E-state index contributed by atoms with van der Waals surface area (Å²) >= 11 is 0. The second-order valence-corrected chi connectivity index (χ2v) is 6.13. The van der Waals surface area contributed by atoms with E-state index in [1.807, 2.05) is 13.8 Å². The minimum atomic E-state index is -1.05. The zero-order chi connectivity index (χ0) is 17.9. The van der Waals surface area contributed by atoms with Crippen molar-refractivity contribution in [2.45, 2.75) is 53.0 Å². The molecular weight excluding hydrogens is 310 g/mol. The fraction of sp³-hybridized carbons (Fsp3) is 0.562. The molecule has 0 aliphatic carbocycles. The Labute approximate surface area is 140 Å². The highest BCUT2D eigenvalue weighted by Gasteiger charge is 2.30. The van der Waals surface area contributed by atoms with Crippen molar-refractivity contribution in [2.24, 2.45) is 0 Å². The lowest BCUT2D eigenvalue weighted by molar-refractivity contribution is -0.151. The predicted octanol–water partition coefficient (Wildman–Crippen LogP) is 1.13. The Kier molecular flexibility index (Phi) is 5.16. The van der Waals surface area contributed by atoms with Crippen LogP contribution < -0.4 is 5.32 Å². The molecule has 1 amide bonds. The molecule has 8 heteroatoms. The number of esters is 1. The van der Waals surface area contributed by atoms with Crippen LogP contribution in [0.15, 0.2) is 6.33 Å². The van der Waals surface area contributed by atoms with Crippen molar-refractivity contribution in [3.05, 3.63) is 23.3 Å². The van der Waals surface area contributed by atoms with Crippen LogP contribution in [0.2, 0.25) is 0 Å². The molecule has 0 aromatic carbocycles. The topological polar surface area (TPSA) is 98.5 Å².